The second-order valence-electron chi connectivity index (χ2n) is 9.79. The number of aromatic nitrogens is 4. The van der Waals surface area contributed by atoms with Crippen molar-refractivity contribution in [1.82, 2.24) is 35.5 Å². The number of nitrogens with zero attached hydrogens (tertiary/aromatic N) is 4. The Balaban J connectivity index is 1.29. The predicted octanol–water partition coefficient (Wildman–Crippen LogP) is -2.05. The third-order valence-corrected chi connectivity index (χ3v) is 8.64. The lowest BCUT2D eigenvalue weighted by atomic mass is 10.3. The van der Waals surface area contributed by atoms with Gasteiger partial charge in [0.05, 0.1) is 19.0 Å². The number of methoxy groups -OCH3 is 1. The second-order valence-corrected chi connectivity index (χ2v) is 12.6. The number of aromatic amines is 1. The summed E-state index contributed by atoms with van der Waals surface area (Å²) in [4.78, 5) is 67.5. The maximum atomic E-state index is 12.4. The first-order chi connectivity index (χ1) is 21.9. The van der Waals surface area contributed by atoms with E-state index in [9.17, 15) is 29.5 Å². The molecule has 0 aromatic carbocycles. The quantitative estimate of drug-likeness (QED) is 0.132. The number of nitrogens with one attached hydrogen (secondary N) is 4. The standard InChI is InChI=1S/C21H24N10O13P2/c1-38-13-8-3-40-45(34,35)43-12-7(41-19(11(12)32)30-5-26-9-15(22)24-4-25-16(9)30)2-39-46(36,37)44-14(13)20(42-8)31-6-27-10-17(31)28-21(23)29-18(10)33/h3,6,13,16,24-26,34-37H,2,4-5,22H2,1H3,(H2-2,23,28,29,32,33)/p+2/b8-3+/t13-,16?/m1/s1. The number of ether oxygens (including phenoxy) is 2. The van der Waals surface area contributed by atoms with Crippen molar-refractivity contribution in [1.29, 1.82) is 0 Å². The van der Waals surface area contributed by atoms with Gasteiger partial charge in [-0.15, -0.1) is 4.52 Å². The molecule has 23 nitrogen and oxygen atoms in total. The molecule has 4 aliphatic heterocycles. The van der Waals surface area contributed by atoms with Crippen molar-refractivity contribution in [3.63, 3.8) is 0 Å². The Kier molecular flexibility index (Phi) is 7.04. The van der Waals surface area contributed by atoms with Gasteiger partial charge in [0.1, 0.15) is 18.3 Å². The van der Waals surface area contributed by atoms with E-state index >= 15 is 0 Å². The van der Waals surface area contributed by atoms with E-state index in [1.54, 1.807) is 0 Å². The van der Waals surface area contributed by atoms with Gasteiger partial charge in [-0.2, -0.15) is 24.6 Å². The van der Waals surface area contributed by atoms with Crippen molar-refractivity contribution in [2.45, 2.75) is 18.9 Å². The average molecular weight is 688 g/mol. The van der Waals surface area contributed by atoms with E-state index in [2.05, 4.69) is 30.9 Å². The lowest BCUT2D eigenvalue weighted by Gasteiger charge is -2.28. The predicted molar refractivity (Wildman–Crippen MR) is 153 cm³/mol. The number of imidazole rings is 1. The van der Waals surface area contributed by atoms with Crippen molar-refractivity contribution < 1.29 is 56.7 Å². The van der Waals surface area contributed by atoms with Crippen LogP contribution in [-0.2, 0) is 29.7 Å². The normalized spacial score (nSPS) is 24.9. The van der Waals surface area contributed by atoms with Gasteiger partial charge in [0.15, 0.2) is 41.7 Å². The van der Waals surface area contributed by atoms with E-state index in [1.807, 2.05) is 0 Å². The molecule has 0 amide bonds. The Morgan fingerprint density at radius 2 is 1.96 bits per heavy atom. The first kappa shape index (κ1) is 30.1. The highest BCUT2D eigenvalue weighted by Crippen LogP contribution is 2.61. The zero-order chi connectivity index (χ0) is 32.5. The highest BCUT2D eigenvalue weighted by molar-refractivity contribution is 7.55. The van der Waals surface area contributed by atoms with Crippen molar-refractivity contribution >= 4 is 45.2 Å². The molecular formula is C21H26N10O13P2+2. The number of H-pyrrole nitrogens is 1. The lowest BCUT2D eigenvalue weighted by Crippen LogP contribution is -2.51. The Morgan fingerprint density at radius 3 is 2.74 bits per heavy atom. The van der Waals surface area contributed by atoms with Gasteiger partial charge in [-0.25, -0.2) is 14.1 Å². The maximum absolute atomic E-state index is 12.4. The summed E-state index contributed by atoms with van der Waals surface area (Å²) in [6, 6.07) is 0. The van der Waals surface area contributed by atoms with Crippen LogP contribution in [0.25, 0.3) is 17.0 Å². The number of anilines is 2. The Morgan fingerprint density at radius 1 is 1.15 bits per heavy atom. The zero-order valence-corrected chi connectivity index (χ0v) is 25.1. The average Bonchev–Trinajstić information content (AvgIpc) is 3.75. The van der Waals surface area contributed by atoms with Crippen LogP contribution >= 0.6 is 16.3 Å². The Hall–Kier alpha value is -4.57. The van der Waals surface area contributed by atoms with Crippen molar-refractivity contribution in [2.24, 2.45) is 5.73 Å². The molecule has 2 bridgehead atoms. The molecule has 246 valence electrons. The number of furan rings is 1. The molecule has 2 atom stereocenters. The summed E-state index contributed by atoms with van der Waals surface area (Å²) in [5, 5.41) is 20.2. The summed E-state index contributed by atoms with van der Waals surface area (Å²) in [6.07, 6.45) is -0.193. The minimum atomic E-state index is -4.90. The fraction of sp³-hybridized carbons (Fsp3) is 0.286. The molecular weight excluding hydrogens is 662 g/mol. The van der Waals surface area contributed by atoms with E-state index in [1.165, 1.54) is 12.0 Å². The molecule has 1 saturated heterocycles. The fourth-order valence-corrected chi connectivity index (χ4v) is 6.45. The van der Waals surface area contributed by atoms with Crippen LogP contribution in [-0.4, -0.2) is 76.9 Å². The van der Waals surface area contributed by atoms with Crippen molar-refractivity contribution in [2.75, 3.05) is 31.1 Å². The van der Waals surface area contributed by atoms with Gasteiger partial charge in [-0.1, -0.05) is 0 Å². The number of hydrogen-bond acceptors (Lipinski definition) is 21. The van der Waals surface area contributed by atoms with E-state index < -0.39 is 63.8 Å². The zero-order valence-electron chi connectivity index (χ0n) is 23.3. The van der Waals surface area contributed by atoms with Crippen molar-refractivity contribution in [3.8, 4) is 11.5 Å². The number of nitrogen functional groups attached to an aromatic ring is 1. The number of rotatable bonds is 3. The molecule has 4 aliphatic rings. The fourth-order valence-electron chi connectivity index (χ4n) is 4.97. The molecule has 1 fully saturated rings. The summed E-state index contributed by atoms with van der Waals surface area (Å²) >= 11 is 0. The molecule has 46 heavy (non-hydrogen) atoms. The van der Waals surface area contributed by atoms with E-state index in [0.717, 1.165) is 10.9 Å². The summed E-state index contributed by atoms with van der Waals surface area (Å²) < 4.78 is 39.3. The van der Waals surface area contributed by atoms with Gasteiger partial charge in [0.25, 0.3) is 23.0 Å². The summed E-state index contributed by atoms with van der Waals surface area (Å²) in [5.41, 5.74) is 11.3. The minimum Gasteiger partial charge on any atom is -0.500 e. The molecule has 3 aromatic rings. The van der Waals surface area contributed by atoms with Crippen LogP contribution in [0.15, 0.2) is 44.8 Å². The van der Waals surface area contributed by atoms with Gasteiger partial charge in [0.2, 0.25) is 17.6 Å². The van der Waals surface area contributed by atoms with Gasteiger partial charge < -0.3 is 46.0 Å². The number of fused-ring (bicyclic) bond motifs is 5. The molecule has 0 aliphatic carbocycles. The number of aromatic hydroxyl groups is 1. The Bertz CT molecular complexity index is 1880. The first-order valence-electron chi connectivity index (χ1n) is 13.0. The van der Waals surface area contributed by atoms with E-state index in [-0.39, 0.29) is 48.0 Å². The smallest absolute Gasteiger partial charge is 0.500 e. The van der Waals surface area contributed by atoms with Crippen LogP contribution in [0, 0.1) is 0 Å². The van der Waals surface area contributed by atoms with Crippen LogP contribution in [0.5, 0.6) is 11.5 Å². The lowest BCUT2D eigenvalue weighted by molar-refractivity contribution is 0.0792. The van der Waals surface area contributed by atoms with Crippen LogP contribution in [0.4, 0.5) is 11.8 Å². The molecule has 0 spiro atoms. The molecule has 3 aromatic heterocycles. The topological polar surface area (TPSA) is 325 Å². The molecule has 1 unspecified atom stereocenters. The maximum Gasteiger partial charge on any atom is 0.663 e. The first-order valence-corrected chi connectivity index (χ1v) is 16.0. The van der Waals surface area contributed by atoms with E-state index in [0.29, 0.717) is 17.8 Å². The van der Waals surface area contributed by atoms with Gasteiger partial charge >= 0.3 is 16.3 Å². The monoisotopic (exact) mass is 688 g/mol. The van der Waals surface area contributed by atoms with Crippen molar-refractivity contribution in [3.05, 3.63) is 51.7 Å². The number of nitrogens with two attached hydrogens (primary N) is 2. The van der Waals surface area contributed by atoms with Gasteiger partial charge in [-0.05, 0) is 0 Å². The minimum absolute atomic E-state index is 0.0827. The highest BCUT2D eigenvalue weighted by atomic mass is 31.2. The largest absolute Gasteiger partial charge is 0.663 e. The van der Waals surface area contributed by atoms with Gasteiger partial charge in [-0.3, -0.25) is 24.1 Å². The SMILES string of the molecule is CO[C@H]1C2=C(n3cnc4c(=O)[nH]c(N)nc43)O/C1=C/O[P+](O)(O)Oc1c(oc(N3CNC4=C(N)NCNC43)c1O)CO[P+](O)(O)O2. The molecule has 7 rings (SSSR count). The van der Waals surface area contributed by atoms with Crippen LogP contribution in [0.1, 0.15) is 5.76 Å². The molecule has 0 radical (unpaired) electrons. The third kappa shape index (κ3) is 5.05. The Labute approximate surface area is 256 Å². The highest BCUT2D eigenvalue weighted by Gasteiger charge is 2.53. The summed E-state index contributed by atoms with van der Waals surface area (Å²) in [6.45, 7) is -0.488. The van der Waals surface area contributed by atoms with Crippen LogP contribution in [0.2, 0.25) is 0 Å². The number of hydrogen-bond donors (Lipinski definition) is 11. The van der Waals surface area contributed by atoms with Crippen LogP contribution < -0.4 is 42.4 Å². The van der Waals surface area contributed by atoms with Gasteiger partial charge in [0, 0.05) is 7.11 Å². The van der Waals surface area contributed by atoms with Crippen LogP contribution in [0.3, 0.4) is 0 Å². The summed E-state index contributed by atoms with van der Waals surface area (Å²) in [5.74, 6) is -3.00. The second kappa shape index (κ2) is 10.8. The third-order valence-electron chi connectivity index (χ3n) is 6.94. The summed E-state index contributed by atoms with van der Waals surface area (Å²) in [7, 11) is -8.59. The molecule has 0 saturated carbocycles. The van der Waals surface area contributed by atoms with E-state index in [4.69, 9.17) is 43.5 Å². The molecule has 25 heteroatoms. The molecule has 7 heterocycles. The molecule has 13 N–H and O–H groups in total.